The molecule has 0 heterocycles. The zero-order valence-corrected chi connectivity index (χ0v) is 20.1. The Morgan fingerprint density at radius 3 is 2.29 bits per heavy atom. The summed E-state index contributed by atoms with van der Waals surface area (Å²) in [6.07, 6.45) is 6.62. The predicted octanol–water partition coefficient (Wildman–Crippen LogP) is 6.71. The van der Waals surface area contributed by atoms with Crippen molar-refractivity contribution in [2.75, 3.05) is 30.4 Å². The lowest BCUT2D eigenvalue weighted by atomic mass is 10.1. The van der Waals surface area contributed by atoms with E-state index in [1.165, 1.54) is 24.8 Å². The first-order valence-electron chi connectivity index (χ1n) is 12.3. The molecule has 3 aromatic carbocycles. The lowest BCUT2D eigenvalue weighted by Crippen LogP contribution is -2.22. The highest BCUT2D eigenvalue weighted by Crippen LogP contribution is 2.24. The molecule has 0 bridgehead atoms. The topological polar surface area (TPSA) is 59.6 Å². The zero-order chi connectivity index (χ0) is 23.8. The van der Waals surface area contributed by atoms with E-state index >= 15 is 0 Å². The second kappa shape index (κ2) is 14.6. The van der Waals surface area contributed by atoms with E-state index in [0.29, 0.717) is 6.61 Å². The molecule has 34 heavy (non-hydrogen) atoms. The van der Waals surface area contributed by atoms with Crippen LogP contribution in [0.1, 0.15) is 44.6 Å². The Balaban J connectivity index is 1.39. The number of carbonyl (C=O) groups excluding carboxylic acids is 1. The molecule has 0 radical (unpaired) electrons. The molecule has 0 saturated heterocycles. The van der Waals surface area contributed by atoms with Gasteiger partial charge in [0.05, 0.1) is 25.4 Å². The molecule has 0 unspecified atom stereocenters. The lowest BCUT2D eigenvalue weighted by Gasteiger charge is -2.13. The van der Waals surface area contributed by atoms with Gasteiger partial charge in [-0.3, -0.25) is 4.79 Å². The highest BCUT2D eigenvalue weighted by Gasteiger charge is 2.07. The Labute approximate surface area is 203 Å². The molecular weight excluding hydrogens is 424 g/mol. The van der Waals surface area contributed by atoms with Crippen molar-refractivity contribution in [3.8, 4) is 11.5 Å². The Morgan fingerprint density at radius 1 is 0.765 bits per heavy atom. The number of hydrogen-bond donors (Lipinski definition) is 2. The van der Waals surface area contributed by atoms with Crippen LogP contribution in [0.25, 0.3) is 0 Å². The fourth-order valence-electron chi connectivity index (χ4n) is 3.58. The summed E-state index contributed by atoms with van der Waals surface area (Å²) in [4.78, 5) is 12.4. The molecule has 0 spiro atoms. The van der Waals surface area contributed by atoms with Crippen LogP contribution in [-0.4, -0.2) is 25.7 Å². The first-order chi connectivity index (χ1) is 16.7. The third kappa shape index (κ3) is 9.18. The third-order valence-corrected chi connectivity index (χ3v) is 5.44. The van der Waals surface area contributed by atoms with Gasteiger partial charge in [0.15, 0.2) is 0 Å². The molecule has 0 aromatic heterocycles. The standard InChI is InChI=1S/C29H36N2O3/c1-2-3-4-10-21-33-26-19-17-25(18-20-26)31-29(32)23-30-27-15-8-9-16-28(27)34-22-11-14-24-12-6-5-7-13-24/h5-9,12-13,15-20,30H,2-4,10-11,14,21-23H2,1H3,(H,31,32). The smallest absolute Gasteiger partial charge is 0.243 e. The van der Waals surface area contributed by atoms with Crippen LogP contribution in [0.5, 0.6) is 11.5 Å². The summed E-state index contributed by atoms with van der Waals surface area (Å²) >= 11 is 0. The van der Waals surface area contributed by atoms with Crippen LogP contribution in [0.15, 0.2) is 78.9 Å². The average Bonchev–Trinajstić information content (AvgIpc) is 2.87. The second-order valence-corrected chi connectivity index (χ2v) is 8.27. The molecular formula is C29H36N2O3. The summed E-state index contributed by atoms with van der Waals surface area (Å²) in [5, 5.41) is 6.10. The van der Waals surface area contributed by atoms with Crippen LogP contribution < -0.4 is 20.1 Å². The minimum absolute atomic E-state index is 0.118. The normalized spacial score (nSPS) is 10.5. The van der Waals surface area contributed by atoms with Crippen LogP contribution >= 0.6 is 0 Å². The van der Waals surface area contributed by atoms with E-state index in [2.05, 4.69) is 41.8 Å². The van der Waals surface area contributed by atoms with Crippen LogP contribution in [0.3, 0.4) is 0 Å². The van der Waals surface area contributed by atoms with E-state index in [1.54, 1.807) is 0 Å². The summed E-state index contributed by atoms with van der Waals surface area (Å²) in [6.45, 7) is 3.69. The molecule has 5 nitrogen and oxygen atoms in total. The van der Waals surface area contributed by atoms with Crippen molar-refractivity contribution in [3.63, 3.8) is 0 Å². The largest absolute Gasteiger partial charge is 0.494 e. The quantitative estimate of drug-likeness (QED) is 0.248. The van der Waals surface area contributed by atoms with Gasteiger partial charge < -0.3 is 20.1 Å². The van der Waals surface area contributed by atoms with Gasteiger partial charge in [-0.2, -0.15) is 0 Å². The maximum Gasteiger partial charge on any atom is 0.243 e. The van der Waals surface area contributed by atoms with Crippen LogP contribution in [-0.2, 0) is 11.2 Å². The molecule has 0 aliphatic heterocycles. The molecule has 1 amide bonds. The van der Waals surface area contributed by atoms with Crippen molar-refractivity contribution < 1.29 is 14.3 Å². The first-order valence-corrected chi connectivity index (χ1v) is 12.3. The Morgan fingerprint density at radius 2 is 1.50 bits per heavy atom. The van der Waals surface area contributed by atoms with Crippen molar-refractivity contribution in [1.82, 2.24) is 0 Å². The number of anilines is 2. The van der Waals surface area contributed by atoms with E-state index in [1.807, 2.05) is 54.6 Å². The maximum absolute atomic E-state index is 12.4. The highest BCUT2D eigenvalue weighted by atomic mass is 16.5. The van der Waals surface area contributed by atoms with Gasteiger partial charge in [-0.25, -0.2) is 0 Å². The predicted molar refractivity (Wildman–Crippen MR) is 140 cm³/mol. The number of para-hydroxylation sites is 2. The maximum atomic E-state index is 12.4. The van der Waals surface area contributed by atoms with Crippen LogP contribution in [0.2, 0.25) is 0 Å². The van der Waals surface area contributed by atoms with Crippen molar-refractivity contribution >= 4 is 17.3 Å². The molecule has 180 valence electrons. The van der Waals surface area contributed by atoms with E-state index in [0.717, 1.165) is 48.7 Å². The fraction of sp³-hybridized carbons (Fsp3) is 0.345. The third-order valence-electron chi connectivity index (χ3n) is 5.44. The first kappa shape index (κ1) is 25.2. The number of unbranched alkanes of at least 4 members (excludes halogenated alkanes) is 3. The minimum atomic E-state index is -0.118. The molecule has 0 atom stereocenters. The minimum Gasteiger partial charge on any atom is -0.494 e. The van der Waals surface area contributed by atoms with Crippen LogP contribution in [0, 0.1) is 0 Å². The molecule has 0 fully saturated rings. The summed E-state index contributed by atoms with van der Waals surface area (Å²) in [6, 6.07) is 25.6. The van der Waals surface area contributed by atoms with Gasteiger partial charge in [0.1, 0.15) is 11.5 Å². The van der Waals surface area contributed by atoms with Crippen molar-refractivity contribution in [3.05, 3.63) is 84.4 Å². The molecule has 0 aliphatic rings. The summed E-state index contributed by atoms with van der Waals surface area (Å²) in [5.74, 6) is 1.46. The van der Waals surface area contributed by atoms with Crippen molar-refractivity contribution in [1.29, 1.82) is 0 Å². The summed E-state index contributed by atoms with van der Waals surface area (Å²) < 4.78 is 11.7. The summed E-state index contributed by atoms with van der Waals surface area (Å²) in [7, 11) is 0. The molecule has 0 aliphatic carbocycles. The van der Waals surface area contributed by atoms with Crippen molar-refractivity contribution in [2.24, 2.45) is 0 Å². The molecule has 0 saturated carbocycles. The molecule has 3 rings (SSSR count). The van der Waals surface area contributed by atoms with Gasteiger partial charge >= 0.3 is 0 Å². The SMILES string of the molecule is CCCCCCOc1ccc(NC(=O)CNc2ccccc2OCCCc2ccccc2)cc1. The second-order valence-electron chi connectivity index (χ2n) is 8.27. The number of nitrogens with one attached hydrogen (secondary N) is 2. The van der Waals surface area contributed by atoms with Gasteiger partial charge in [0.25, 0.3) is 0 Å². The average molecular weight is 461 g/mol. The fourth-order valence-corrected chi connectivity index (χ4v) is 3.58. The highest BCUT2D eigenvalue weighted by molar-refractivity contribution is 5.94. The Bertz CT molecular complexity index is 974. The van der Waals surface area contributed by atoms with Gasteiger partial charge in [-0.1, -0.05) is 68.7 Å². The molecule has 3 aromatic rings. The van der Waals surface area contributed by atoms with Gasteiger partial charge in [0.2, 0.25) is 5.91 Å². The molecule has 5 heteroatoms. The Kier molecular flexibility index (Phi) is 10.8. The zero-order valence-electron chi connectivity index (χ0n) is 20.1. The van der Waals surface area contributed by atoms with Gasteiger partial charge in [-0.05, 0) is 61.2 Å². The van der Waals surface area contributed by atoms with Crippen molar-refractivity contribution in [2.45, 2.75) is 45.4 Å². The van der Waals surface area contributed by atoms with E-state index in [9.17, 15) is 4.79 Å². The van der Waals surface area contributed by atoms with E-state index in [4.69, 9.17) is 9.47 Å². The number of hydrogen-bond acceptors (Lipinski definition) is 4. The Hall–Kier alpha value is -3.47. The molecule has 2 N–H and O–H groups in total. The number of aryl methyl sites for hydroxylation is 1. The van der Waals surface area contributed by atoms with Gasteiger partial charge in [-0.15, -0.1) is 0 Å². The monoisotopic (exact) mass is 460 g/mol. The van der Waals surface area contributed by atoms with Gasteiger partial charge in [0, 0.05) is 5.69 Å². The number of carbonyl (C=O) groups is 1. The van der Waals surface area contributed by atoms with Crippen LogP contribution in [0.4, 0.5) is 11.4 Å². The van der Waals surface area contributed by atoms with E-state index in [-0.39, 0.29) is 12.5 Å². The number of amides is 1. The lowest BCUT2D eigenvalue weighted by molar-refractivity contribution is -0.114. The number of rotatable bonds is 15. The number of benzene rings is 3. The summed E-state index contributed by atoms with van der Waals surface area (Å²) in [5.41, 5.74) is 2.86. The number of ether oxygens (including phenoxy) is 2. The van der Waals surface area contributed by atoms with E-state index < -0.39 is 0 Å².